The van der Waals surface area contributed by atoms with Crippen molar-refractivity contribution in [2.75, 3.05) is 13.1 Å². The fraction of sp³-hybridized carbons (Fsp3) is 0.263. The highest BCUT2D eigenvalue weighted by Gasteiger charge is 2.03. The third kappa shape index (κ3) is 6.63. The molecule has 0 saturated carbocycles. The van der Waals surface area contributed by atoms with Crippen molar-refractivity contribution in [3.63, 3.8) is 0 Å². The Hall–Kier alpha value is -2.49. The van der Waals surface area contributed by atoms with Gasteiger partial charge in [0, 0.05) is 37.0 Å². The third-order valence-electron chi connectivity index (χ3n) is 3.78. The van der Waals surface area contributed by atoms with Crippen LogP contribution in [0.1, 0.15) is 18.2 Å². The second-order valence-corrected chi connectivity index (χ2v) is 5.73. The number of nitrogens with zero attached hydrogens (tertiary/aromatic N) is 4. The molecule has 0 amide bonds. The molecule has 0 aliphatic rings. The van der Waals surface area contributed by atoms with E-state index in [2.05, 4.69) is 54.8 Å². The van der Waals surface area contributed by atoms with Gasteiger partial charge in [-0.25, -0.2) is 9.98 Å². The number of hydrogen-bond acceptors (Lipinski definition) is 4. The highest BCUT2D eigenvalue weighted by Crippen LogP contribution is 2.15. The largest absolute Gasteiger partial charge is 0.357 e. The van der Waals surface area contributed by atoms with Crippen molar-refractivity contribution >= 4 is 29.9 Å². The summed E-state index contributed by atoms with van der Waals surface area (Å²) in [5.74, 6) is 1.56. The van der Waals surface area contributed by atoms with E-state index in [1.807, 2.05) is 36.5 Å². The molecular weight excluding hydrogens is 453 g/mol. The molecule has 8 heteroatoms. The van der Waals surface area contributed by atoms with Gasteiger partial charge in [0.1, 0.15) is 6.33 Å². The summed E-state index contributed by atoms with van der Waals surface area (Å²) in [7, 11) is 0. The summed E-state index contributed by atoms with van der Waals surface area (Å²) in [5.41, 5.74) is 3.18. The van der Waals surface area contributed by atoms with Gasteiger partial charge in [0.2, 0.25) is 0 Å². The minimum Gasteiger partial charge on any atom is -0.357 e. The van der Waals surface area contributed by atoms with Crippen molar-refractivity contribution in [1.82, 2.24) is 30.8 Å². The first-order valence-corrected chi connectivity index (χ1v) is 8.72. The van der Waals surface area contributed by atoms with Crippen LogP contribution in [0.15, 0.2) is 60.0 Å². The topological polar surface area (TPSA) is 90.9 Å². The lowest BCUT2D eigenvalue weighted by molar-refractivity contribution is 0.788. The summed E-state index contributed by atoms with van der Waals surface area (Å²) in [6.45, 7) is 4.23. The number of pyridine rings is 1. The number of benzene rings is 1. The maximum atomic E-state index is 4.67. The van der Waals surface area contributed by atoms with Gasteiger partial charge in [-0.15, -0.1) is 24.0 Å². The minimum atomic E-state index is 0. The number of aliphatic imine (C=N–C) groups is 1. The quantitative estimate of drug-likeness (QED) is 0.277. The summed E-state index contributed by atoms with van der Waals surface area (Å²) >= 11 is 0. The fourth-order valence-electron chi connectivity index (χ4n) is 2.53. The Morgan fingerprint density at radius 1 is 1.11 bits per heavy atom. The highest BCUT2D eigenvalue weighted by atomic mass is 127. The van der Waals surface area contributed by atoms with Crippen molar-refractivity contribution in [2.45, 2.75) is 19.9 Å². The van der Waals surface area contributed by atoms with Crippen LogP contribution in [0.4, 0.5) is 0 Å². The Bertz CT molecular complexity index is 819. The smallest absolute Gasteiger partial charge is 0.191 e. The summed E-state index contributed by atoms with van der Waals surface area (Å²) < 4.78 is 0. The molecule has 1 aromatic carbocycles. The van der Waals surface area contributed by atoms with Crippen molar-refractivity contribution in [2.24, 2.45) is 4.99 Å². The van der Waals surface area contributed by atoms with Crippen LogP contribution in [0.5, 0.6) is 0 Å². The molecule has 0 aliphatic carbocycles. The number of hydrogen-bond donors (Lipinski definition) is 3. The predicted octanol–water partition coefficient (Wildman–Crippen LogP) is 2.78. The van der Waals surface area contributed by atoms with E-state index in [0.717, 1.165) is 48.1 Å². The van der Waals surface area contributed by atoms with E-state index in [9.17, 15) is 0 Å². The van der Waals surface area contributed by atoms with Crippen molar-refractivity contribution < 1.29 is 0 Å². The molecule has 0 radical (unpaired) electrons. The molecule has 27 heavy (non-hydrogen) atoms. The first-order valence-electron chi connectivity index (χ1n) is 8.72. The molecule has 0 fully saturated rings. The molecule has 7 nitrogen and oxygen atoms in total. The lowest BCUT2D eigenvalue weighted by Gasteiger charge is -2.11. The number of guanidine groups is 1. The third-order valence-corrected chi connectivity index (χ3v) is 3.78. The summed E-state index contributed by atoms with van der Waals surface area (Å²) in [4.78, 5) is 13.2. The average molecular weight is 477 g/mol. The van der Waals surface area contributed by atoms with Gasteiger partial charge in [-0.2, -0.15) is 5.10 Å². The molecule has 3 rings (SSSR count). The number of halogens is 1. The maximum Gasteiger partial charge on any atom is 0.191 e. The summed E-state index contributed by atoms with van der Waals surface area (Å²) in [6, 6.07) is 14.1. The molecule has 0 bridgehead atoms. The maximum absolute atomic E-state index is 4.67. The van der Waals surface area contributed by atoms with E-state index in [1.54, 1.807) is 0 Å². The Labute approximate surface area is 176 Å². The van der Waals surface area contributed by atoms with Gasteiger partial charge in [0.15, 0.2) is 11.8 Å². The average Bonchev–Trinajstić information content (AvgIpc) is 3.22. The highest BCUT2D eigenvalue weighted by molar-refractivity contribution is 14.0. The zero-order chi connectivity index (χ0) is 18.0. The van der Waals surface area contributed by atoms with E-state index in [4.69, 9.17) is 0 Å². The van der Waals surface area contributed by atoms with Gasteiger partial charge in [-0.05, 0) is 30.7 Å². The predicted molar refractivity (Wildman–Crippen MR) is 118 cm³/mol. The molecule has 2 heterocycles. The first-order chi connectivity index (χ1) is 12.8. The van der Waals surface area contributed by atoms with Gasteiger partial charge >= 0.3 is 0 Å². The normalized spacial score (nSPS) is 10.9. The number of rotatable bonds is 7. The van der Waals surface area contributed by atoms with Crippen LogP contribution in [-0.4, -0.2) is 39.2 Å². The van der Waals surface area contributed by atoms with Crippen molar-refractivity contribution in [1.29, 1.82) is 0 Å². The zero-order valence-electron chi connectivity index (χ0n) is 15.2. The molecule has 0 unspecified atom stereocenters. The van der Waals surface area contributed by atoms with Crippen LogP contribution < -0.4 is 10.6 Å². The number of aromatic amines is 1. The van der Waals surface area contributed by atoms with Crippen LogP contribution in [0, 0.1) is 0 Å². The molecule has 2 aromatic heterocycles. The minimum absolute atomic E-state index is 0. The van der Waals surface area contributed by atoms with Gasteiger partial charge in [-0.3, -0.25) is 10.1 Å². The summed E-state index contributed by atoms with van der Waals surface area (Å²) in [5, 5.41) is 13.4. The van der Waals surface area contributed by atoms with Gasteiger partial charge in [0.25, 0.3) is 0 Å². The SMILES string of the molecule is CCNC(=NCc1cccc(-c2ncn[nH]2)c1)NCCc1ccccn1.I. The van der Waals surface area contributed by atoms with E-state index in [-0.39, 0.29) is 24.0 Å². The number of nitrogens with one attached hydrogen (secondary N) is 3. The number of H-pyrrole nitrogens is 1. The monoisotopic (exact) mass is 477 g/mol. The first kappa shape index (κ1) is 20.8. The lowest BCUT2D eigenvalue weighted by atomic mass is 10.1. The van der Waals surface area contributed by atoms with Gasteiger partial charge in [-0.1, -0.05) is 24.3 Å². The molecule has 3 aromatic rings. The van der Waals surface area contributed by atoms with E-state index < -0.39 is 0 Å². The Kier molecular flexibility index (Phi) is 8.69. The second-order valence-electron chi connectivity index (χ2n) is 5.73. The van der Waals surface area contributed by atoms with Crippen molar-refractivity contribution in [3.8, 4) is 11.4 Å². The fourth-order valence-corrected chi connectivity index (χ4v) is 2.53. The van der Waals surface area contributed by atoms with Gasteiger partial charge in [0.05, 0.1) is 6.54 Å². The van der Waals surface area contributed by atoms with Crippen LogP contribution in [0.25, 0.3) is 11.4 Å². The number of aromatic nitrogens is 4. The Morgan fingerprint density at radius 2 is 2.04 bits per heavy atom. The zero-order valence-corrected chi connectivity index (χ0v) is 17.6. The lowest BCUT2D eigenvalue weighted by Crippen LogP contribution is -2.38. The molecule has 0 aliphatic heterocycles. The second kappa shape index (κ2) is 11.3. The molecule has 142 valence electrons. The van der Waals surface area contributed by atoms with E-state index >= 15 is 0 Å². The van der Waals surface area contributed by atoms with Crippen molar-refractivity contribution in [3.05, 3.63) is 66.2 Å². The van der Waals surface area contributed by atoms with E-state index in [1.165, 1.54) is 6.33 Å². The van der Waals surface area contributed by atoms with Crippen LogP contribution in [0.3, 0.4) is 0 Å². The van der Waals surface area contributed by atoms with Crippen LogP contribution in [-0.2, 0) is 13.0 Å². The van der Waals surface area contributed by atoms with Crippen LogP contribution in [0.2, 0.25) is 0 Å². The molecular formula is C19H24IN7. The standard InChI is InChI=1S/C19H23N7.HI/c1-2-20-19(22-11-9-17-8-3-4-10-21-17)23-13-15-6-5-7-16(12-15)18-24-14-25-26-18;/h3-8,10,12,14H,2,9,11,13H2,1H3,(H2,20,22,23)(H,24,25,26);1H. The molecule has 0 spiro atoms. The molecule has 0 saturated heterocycles. The molecule has 3 N–H and O–H groups in total. The van der Waals surface area contributed by atoms with Crippen LogP contribution >= 0.6 is 24.0 Å². The van der Waals surface area contributed by atoms with E-state index in [0.29, 0.717) is 6.54 Å². The van der Waals surface area contributed by atoms with Gasteiger partial charge < -0.3 is 10.6 Å². The Balaban J connectivity index is 0.00000261. The molecule has 0 atom stereocenters. The Morgan fingerprint density at radius 3 is 2.78 bits per heavy atom. The summed E-state index contributed by atoms with van der Waals surface area (Å²) in [6.07, 6.45) is 4.18.